The van der Waals surface area contributed by atoms with E-state index in [1.165, 1.54) is 27.6 Å². The summed E-state index contributed by atoms with van der Waals surface area (Å²) in [6.45, 7) is 6.39. The SMILES string of the molecule is COc1cccc(-c2cc3c(C)ccc(C)c3[nH]2)c1C. The van der Waals surface area contributed by atoms with Crippen LogP contribution in [0, 0.1) is 20.8 Å². The first-order valence-corrected chi connectivity index (χ1v) is 6.84. The van der Waals surface area contributed by atoms with E-state index < -0.39 is 0 Å². The molecule has 0 aliphatic heterocycles. The molecule has 0 fully saturated rings. The van der Waals surface area contributed by atoms with Crippen LogP contribution < -0.4 is 4.74 Å². The van der Waals surface area contributed by atoms with E-state index in [0.717, 1.165) is 17.0 Å². The number of ether oxygens (including phenoxy) is 1. The van der Waals surface area contributed by atoms with E-state index in [0.29, 0.717) is 0 Å². The van der Waals surface area contributed by atoms with Crippen molar-refractivity contribution < 1.29 is 4.74 Å². The molecule has 0 bridgehead atoms. The second-order valence-electron chi connectivity index (χ2n) is 5.30. The Morgan fingerprint density at radius 1 is 0.950 bits per heavy atom. The van der Waals surface area contributed by atoms with Crippen molar-refractivity contribution in [3.8, 4) is 17.0 Å². The van der Waals surface area contributed by atoms with Gasteiger partial charge in [-0.25, -0.2) is 0 Å². The van der Waals surface area contributed by atoms with Crippen LogP contribution in [0.15, 0.2) is 36.4 Å². The van der Waals surface area contributed by atoms with Crippen LogP contribution in [0.2, 0.25) is 0 Å². The molecule has 2 nitrogen and oxygen atoms in total. The van der Waals surface area contributed by atoms with Crippen molar-refractivity contribution in [3.05, 3.63) is 53.1 Å². The smallest absolute Gasteiger partial charge is 0.122 e. The predicted molar refractivity (Wildman–Crippen MR) is 84.5 cm³/mol. The van der Waals surface area contributed by atoms with Gasteiger partial charge in [0.1, 0.15) is 5.75 Å². The van der Waals surface area contributed by atoms with Gasteiger partial charge in [0, 0.05) is 27.7 Å². The molecule has 0 unspecified atom stereocenters. The Labute approximate surface area is 119 Å². The second kappa shape index (κ2) is 4.71. The molecule has 0 saturated carbocycles. The first-order valence-electron chi connectivity index (χ1n) is 6.84. The highest BCUT2D eigenvalue weighted by Gasteiger charge is 2.11. The molecule has 0 aliphatic carbocycles. The van der Waals surface area contributed by atoms with Crippen LogP contribution in [0.4, 0.5) is 0 Å². The molecule has 1 aromatic heterocycles. The molecule has 1 heterocycles. The number of aryl methyl sites for hydroxylation is 2. The summed E-state index contributed by atoms with van der Waals surface area (Å²) in [4.78, 5) is 3.56. The first-order chi connectivity index (χ1) is 9.61. The minimum Gasteiger partial charge on any atom is -0.496 e. The molecule has 3 rings (SSSR count). The van der Waals surface area contributed by atoms with Crippen molar-refractivity contribution in [2.24, 2.45) is 0 Å². The molecule has 2 heteroatoms. The normalized spacial score (nSPS) is 11.0. The van der Waals surface area contributed by atoms with Gasteiger partial charge in [0.25, 0.3) is 0 Å². The van der Waals surface area contributed by atoms with Crippen LogP contribution in [0.5, 0.6) is 5.75 Å². The highest BCUT2D eigenvalue weighted by molar-refractivity contribution is 5.91. The van der Waals surface area contributed by atoms with Gasteiger partial charge in [-0.2, -0.15) is 0 Å². The molecule has 1 N–H and O–H groups in total. The predicted octanol–water partition coefficient (Wildman–Crippen LogP) is 4.77. The number of fused-ring (bicyclic) bond motifs is 1. The van der Waals surface area contributed by atoms with Gasteiger partial charge >= 0.3 is 0 Å². The molecule has 20 heavy (non-hydrogen) atoms. The number of benzene rings is 2. The maximum atomic E-state index is 5.41. The molecule has 0 radical (unpaired) electrons. The van der Waals surface area contributed by atoms with E-state index in [1.807, 2.05) is 12.1 Å². The Morgan fingerprint density at radius 2 is 1.70 bits per heavy atom. The van der Waals surface area contributed by atoms with Crippen LogP contribution >= 0.6 is 0 Å². The Kier molecular flexibility index (Phi) is 3.01. The highest BCUT2D eigenvalue weighted by Crippen LogP contribution is 2.33. The number of hydrogen-bond acceptors (Lipinski definition) is 1. The number of nitrogens with one attached hydrogen (secondary N) is 1. The lowest BCUT2D eigenvalue weighted by atomic mass is 10.0. The minimum atomic E-state index is 0.926. The largest absolute Gasteiger partial charge is 0.496 e. The summed E-state index contributed by atoms with van der Waals surface area (Å²) >= 11 is 0. The van der Waals surface area contributed by atoms with Crippen LogP contribution in [0.3, 0.4) is 0 Å². The summed E-state index contributed by atoms with van der Waals surface area (Å²) in [5, 5.41) is 1.29. The molecule has 3 aromatic rings. The van der Waals surface area contributed by atoms with Crippen molar-refractivity contribution in [2.45, 2.75) is 20.8 Å². The minimum absolute atomic E-state index is 0.926. The van der Waals surface area contributed by atoms with Crippen molar-refractivity contribution in [2.75, 3.05) is 7.11 Å². The Bertz CT molecular complexity index is 744. The van der Waals surface area contributed by atoms with E-state index in [1.54, 1.807) is 7.11 Å². The summed E-state index contributed by atoms with van der Waals surface area (Å²) in [7, 11) is 1.71. The lowest BCUT2D eigenvalue weighted by Crippen LogP contribution is -1.90. The fraction of sp³-hybridized carbons (Fsp3) is 0.222. The number of aromatic nitrogens is 1. The third-order valence-corrected chi connectivity index (χ3v) is 4.01. The molecular formula is C18H19NO. The Balaban J connectivity index is 2.26. The van der Waals surface area contributed by atoms with Gasteiger partial charge in [-0.05, 0) is 44.0 Å². The van der Waals surface area contributed by atoms with Crippen LogP contribution in [0.1, 0.15) is 16.7 Å². The summed E-state index contributed by atoms with van der Waals surface area (Å²) in [5.41, 5.74) is 7.30. The lowest BCUT2D eigenvalue weighted by molar-refractivity contribution is 0.412. The molecule has 0 spiro atoms. The molecule has 102 valence electrons. The summed E-state index contributed by atoms with van der Waals surface area (Å²) in [6.07, 6.45) is 0. The average molecular weight is 265 g/mol. The number of methoxy groups -OCH3 is 1. The van der Waals surface area contributed by atoms with Gasteiger partial charge in [0.15, 0.2) is 0 Å². The van der Waals surface area contributed by atoms with Gasteiger partial charge in [-0.15, -0.1) is 0 Å². The molecule has 0 amide bonds. The van der Waals surface area contributed by atoms with Gasteiger partial charge < -0.3 is 9.72 Å². The average Bonchev–Trinajstić information content (AvgIpc) is 2.89. The van der Waals surface area contributed by atoms with Gasteiger partial charge in [0.05, 0.1) is 7.11 Å². The van der Waals surface area contributed by atoms with E-state index in [9.17, 15) is 0 Å². The van der Waals surface area contributed by atoms with Crippen molar-refractivity contribution in [1.82, 2.24) is 4.98 Å². The molecule has 0 atom stereocenters. The van der Waals surface area contributed by atoms with Gasteiger partial charge in [-0.3, -0.25) is 0 Å². The van der Waals surface area contributed by atoms with Crippen molar-refractivity contribution >= 4 is 10.9 Å². The van der Waals surface area contributed by atoms with E-state index in [2.05, 4.69) is 50.0 Å². The summed E-state index contributed by atoms with van der Waals surface area (Å²) in [6, 6.07) is 12.7. The molecule has 0 saturated heterocycles. The molecule has 0 aliphatic rings. The standard InChI is InChI=1S/C18H19NO/c1-11-8-9-12(2)18-15(11)10-16(19-18)14-6-5-7-17(20-4)13(14)3/h5-10,19H,1-4H3. The number of hydrogen-bond donors (Lipinski definition) is 1. The topological polar surface area (TPSA) is 25.0 Å². The second-order valence-corrected chi connectivity index (χ2v) is 5.30. The van der Waals surface area contributed by atoms with E-state index in [4.69, 9.17) is 4.74 Å². The highest BCUT2D eigenvalue weighted by atomic mass is 16.5. The monoisotopic (exact) mass is 265 g/mol. The van der Waals surface area contributed by atoms with E-state index >= 15 is 0 Å². The number of rotatable bonds is 2. The van der Waals surface area contributed by atoms with Crippen molar-refractivity contribution in [1.29, 1.82) is 0 Å². The van der Waals surface area contributed by atoms with Crippen LogP contribution in [0.25, 0.3) is 22.2 Å². The fourth-order valence-electron chi connectivity index (χ4n) is 2.77. The maximum Gasteiger partial charge on any atom is 0.122 e. The van der Waals surface area contributed by atoms with Crippen LogP contribution in [-0.4, -0.2) is 12.1 Å². The zero-order chi connectivity index (χ0) is 14.3. The first kappa shape index (κ1) is 12.8. The molecule has 2 aromatic carbocycles. The third-order valence-electron chi connectivity index (χ3n) is 4.01. The van der Waals surface area contributed by atoms with Crippen LogP contribution in [-0.2, 0) is 0 Å². The quantitative estimate of drug-likeness (QED) is 0.709. The van der Waals surface area contributed by atoms with Gasteiger partial charge in [-0.1, -0.05) is 24.3 Å². The van der Waals surface area contributed by atoms with Crippen molar-refractivity contribution in [3.63, 3.8) is 0 Å². The zero-order valence-electron chi connectivity index (χ0n) is 12.4. The Morgan fingerprint density at radius 3 is 2.40 bits per heavy atom. The van der Waals surface area contributed by atoms with E-state index in [-0.39, 0.29) is 0 Å². The Hall–Kier alpha value is -2.22. The number of aromatic amines is 1. The third kappa shape index (κ3) is 1.88. The summed E-state index contributed by atoms with van der Waals surface area (Å²) in [5.74, 6) is 0.926. The van der Waals surface area contributed by atoms with Gasteiger partial charge in [0.2, 0.25) is 0 Å². The summed E-state index contributed by atoms with van der Waals surface area (Å²) < 4.78 is 5.41. The fourth-order valence-corrected chi connectivity index (χ4v) is 2.77. The zero-order valence-corrected chi connectivity index (χ0v) is 12.4. The number of H-pyrrole nitrogens is 1. The lowest BCUT2D eigenvalue weighted by Gasteiger charge is -2.08. The molecular weight excluding hydrogens is 246 g/mol. The maximum absolute atomic E-state index is 5.41.